The lowest BCUT2D eigenvalue weighted by atomic mass is 10.0. The van der Waals surface area contributed by atoms with Gasteiger partial charge in [0.25, 0.3) is 0 Å². The monoisotopic (exact) mass is 294 g/mol. The first-order chi connectivity index (χ1) is 9.79. The van der Waals surface area contributed by atoms with Gasteiger partial charge in [-0.3, -0.25) is 4.79 Å². The van der Waals surface area contributed by atoms with Crippen LogP contribution in [0.15, 0.2) is 24.3 Å². The zero-order valence-electron chi connectivity index (χ0n) is 12.7. The maximum Gasteiger partial charge on any atom is 0.319 e. The minimum atomic E-state index is -0.946. The summed E-state index contributed by atoms with van der Waals surface area (Å²) in [5.41, 5.74) is 0.610. The molecule has 0 saturated heterocycles. The lowest BCUT2D eigenvalue weighted by molar-refractivity contribution is -0.141. The first-order valence-corrected chi connectivity index (χ1v) is 6.86. The number of aliphatic carboxylic acids is 1. The van der Waals surface area contributed by atoms with Gasteiger partial charge in [-0.25, -0.2) is 4.79 Å². The average molecular weight is 294 g/mol. The Labute approximate surface area is 124 Å². The molecule has 0 radical (unpaired) electrons. The number of amides is 2. The number of rotatable bonds is 6. The summed E-state index contributed by atoms with van der Waals surface area (Å²) in [4.78, 5) is 22.6. The van der Waals surface area contributed by atoms with Gasteiger partial charge in [-0.15, -0.1) is 0 Å². The largest absolute Gasteiger partial charge is 0.491 e. The summed E-state index contributed by atoms with van der Waals surface area (Å²) in [6, 6.07) is 6.07. The van der Waals surface area contributed by atoms with Gasteiger partial charge in [-0.05, 0) is 52.0 Å². The van der Waals surface area contributed by atoms with Crippen molar-refractivity contribution in [3.05, 3.63) is 24.3 Å². The predicted octanol–water partition coefficient (Wildman–Crippen LogP) is 2.70. The predicted molar refractivity (Wildman–Crippen MR) is 80.6 cm³/mol. The normalized spacial score (nSPS) is 13.4. The maximum atomic E-state index is 11.8. The molecule has 1 aromatic rings. The smallest absolute Gasteiger partial charge is 0.319 e. The number of carbonyl (C=O) groups is 2. The molecule has 0 aliphatic carbocycles. The number of carbonyl (C=O) groups excluding carboxylic acids is 1. The highest BCUT2D eigenvalue weighted by molar-refractivity contribution is 5.89. The molecule has 0 aliphatic rings. The van der Waals surface area contributed by atoms with Crippen molar-refractivity contribution in [3.8, 4) is 5.75 Å². The molecule has 21 heavy (non-hydrogen) atoms. The van der Waals surface area contributed by atoms with E-state index in [0.29, 0.717) is 5.69 Å². The number of hydrogen-bond donors (Lipinski definition) is 3. The van der Waals surface area contributed by atoms with E-state index in [1.165, 1.54) is 0 Å². The third kappa shape index (κ3) is 5.72. The minimum Gasteiger partial charge on any atom is -0.491 e. The van der Waals surface area contributed by atoms with Crippen LogP contribution in [-0.4, -0.2) is 29.3 Å². The molecule has 0 spiro atoms. The van der Waals surface area contributed by atoms with Crippen molar-refractivity contribution in [1.29, 1.82) is 0 Å². The highest BCUT2D eigenvalue weighted by Gasteiger charge is 2.20. The fourth-order valence-corrected chi connectivity index (χ4v) is 1.60. The summed E-state index contributed by atoms with van der Waals surface area (Å²) in [7, 11) is 0. The van der Waals surface area contributed by atoms with Crippen molar-refractivity contribution in [2.75, 3.05) is 5.32 Å². The average Bonchev–Trinajstić information content (AvgIpc) is 2.39. The van der Waals surface area contributed by atoms with Gasteiger partial charge in [0.15, 0.2) is 0 Å². The Bertz CT molecular complexity index is 485. The van der Waals surface area contributed by atoms with Crippen LogP contribution in [0.5, 0.6) is 5.75 Å². The summed E-state index contributed by atoms with van der Waals surface area (Å²) in [5, 5.41) is 14.1. The molecule has 3 N–H and O–H groups in total. The van der Waals surface area contributed by atoms with Crippen LogP contribution < -0.4 is 15.4 Å². The molecule has 0 fully saturated rings. The molecule has 1 aromatic carbocycles. The Hall–Kier alpha value is -2.24. The Kier molecular flexibility index (Phi) is 6.02. The fourth-order valence-electron chi connectivity index (χ4n) is 1.60. The van der Waals surface area contributed by atoms with E-state index in [0.717, 1.165) is 5.75 Å². The van der Waals surface area contributed by atoms with Crippen molar-refractivity contribution in [1.82, 2.24) is 5.32 Å². The van der Waals surface area contributed by atoms with E-state index in [-0.39, 0.29) is 6.10 Å². The second-order valence-electron chi connectivity index (χ2n) is 5.21. The fraction of sp³-hybridized carbons (Fsp3) is 0.467. The topological polar surface area (TPSA) is 87.7 Å². The van der Waals surface area contributed by atoms with Gasteiger partial charge >= 0.3 is 12.0 Å². The lowest BCUT2D eigenvalue weighted by Crippen LogP contribution is -2.42. The number of anilines is 1. The van der Waals surface area contributed by atoms with Crippen molar-refractivity contribution < 1.29 is 19.4 Å². The summed E-state index contributed by atoms with van der Waals surface area (Å²) in [6.45, 7) is 7.07. The van der Waals surface area contributed by atoms with Crippen LogP contribution in [0.4, 0.5) is 10.5 Å². The molecule has 1 rings (SSSR count). The standard InChI is InChI=1S/C15H22N2O4/c1-9(2)21-13-7-5-12(6-8-13)17-15(20)16-11(4)10(3)14(18)19/h5-11H,1-4H3,(H,18,19)(H2,16,17,20). The Morgan fingerprint density at radius 2 is 1.67 bits per heavy atom. The van der Waals surface area contributed by atoms with Gasteiger partial charge < -0.3 is 20.5 Å². The number of urea groups is 1. The van der Waals surface area contributed by atoms with Crippen LogP contribution in [-0.2, 0) is 4.79 Å². The van der Waals surface area contributed by atoms with E-state index in [1.54, 1.807) is 38.1 Å². The summed E-state index contributed by atoms with van der Waals surface area (Å²) in [5.74, 6) is -0.876. The van der Waals surface area contributed by atoms with E-state index >= 15 is 0 Å². The van der Waals surface area contributed by atoms with Crippen molar-refractivity contribution in [2.24, 2.45) is 5.92 Å². The molecule has 2 amide bonds. The van der Waals surface area contributed by atoms with Crippen LogP contribution in [0, 0.1) is 5.92 Å². The van der Waals surface area contributed by atoms with Gasteiger partial charge in [0.05, 0.1) is 12.0 Å². The molecular weight excluding hydrogens is 272 g/mol. The minimum absolute atomic E-state index is 0.0884. The van der Waals surface area contributed by atoms with Crippen molar-refractivity contribution in [2.45, 2.75) is 39.8 Å². The van der Waals surface area contributed by atoms with Gasteiger partial charge in [-0.1, -0.05) is 0 Å². The second-order valence-corrected chi connectivity index (χ2v) is 5.21. The number of hydrogen-bond acceptors (Lipinski definition) is 3. The van der Waals surface area contributed by atoms with E-state index in [2.05, 4.69) is 10.6 Å². The molecule has 0 heterocycles. The molecule has 0 bridgehead atoms. The van der Waals surface area contributed by atoms with Gasteiger partial charge in [-0.2, -0.15) is 0 Å². The van der Waals surface area contributed by atoms with E-state index in [4.69, 9.17) is 9.84 Å². The third-order valence-electron chi connectivity index (χ3n) is 2.98. The maximum absolute atomic E-state index is 11.8. The highest BCUT2D eigenvalue weighted by atomic mass is 16.5. The first kappa shape index (κ1) is 16.8. The quantitative estimate of drug-likeness (QED) is 0.752. The second kappa shape index (κ2) is 7.52. The Morgan fingerprint density at radius 3 is 2.14 bits per heavy atom. The number of ether oxygens (including phenoxy) is 1. The lowest BCUT2D eigenvalue weighted by Gasteiger charge is -2.18. The van der Waals surface area contributed by atoms with Crippen LogP contribution >= 0.6 is 0 Å². The molecule has 0 aliphatic heterocycles. The van der Waals surface area contributed by atoms with Crippen LogP contribution in [0.3, 0.4) is 0 Å². The summed E-state index contributed by atoms with van der Waals surface area (Å²) in [6.07, 6.45) is 0.0884. The zero-order chi connectivity index (χ0) is 16.0. The number of nitrogens with one attached hydrogen (secondary N) is 2. The van der Waals surface area contributed by atoms with E-state index in [9.17, 15) is 9.59 Å². The van der Waals surface area contributed by atoms with Crippen LogP contribution in [0.1, 0.15) is 27.7 Å². The van der Waals surface area contributed by atoms with Gasteiger partial charge in [0.1, 0.15) is 5.75 Å². The number of benzene rings is 1. The summed E-state index contributed by atoms with van der Waals surface area (Å²) < 4.78 is 5.50. The summed E-state index contributed by atoms with van der Waals surface area (Å²) >= 11 is 0. The van der Waals surface area contributed by atoms with E-state index < -0.39 is 24.0 Å². The first-order valence-electron chi connectivity index (χ1n) is 6.86. The molecule has 2 unspecified atom stereocenters. The van der Waals surface area contributed by atoms with Crippen LogP contribution in [0.2, 0.25) is 0 Å². The molecule has 6 nitrogen and oxygen atoms in total. The van der Waals surface area contributed by atoms with Crippen molar-refractivity contribution in [3.63, 3.8) is 0 Å². The van der Waals surface area contributed by atoms with Gasteiger partial charge in [0.2, 0.25) is 0 Å². The molecule has 0 aromatic heterocycles. The van der Waals surface area contributed by atoms with Crippen molar-refractivity contribution >= 4 is 17.7 Å². The number of carboxylic acids is 1. The molecule has 6 heteroatoms. The molecule has 0 saturated carbocycles. The molecule has 2 atom stereocenters. The van der Waals surface area contributed by atoms with Gasteiger partial charge in [0, 0.05) is 11.7 Å². The highest BCUT2D eigenvalue weighted by Crippen LogP contribution is 2.16. The Morgan fingerprint density at radius 1 is 1.10 bits per heavy atom. The zero-order valence-corrected chi connectivity index (χ0v) is 12.7. The SMILES string of the molecule is CC(C)Oc1ccc(NC(=O)NC(C)C(C)C(=O)O)cc1. The molecule has 116 valence electrons. The number of carboxylic acid groups (broad SMARTS) is 1. The molecular formula is C15H22N2O4. The third-order valence-corrected chi connectivity index (χ3v) is 2.98. The Balaban J connectivity index is 2.53. The van der Waals surface area contributed by atoms with Crippen LogP contribution in [0.25, 0.3) is 0 Å². The van der Waals surface area contributed by atoms with E-state index in [1.807, 2.05) is 13.8 Å².